The van der Waals surface area contributed by atoms with Crippen LogP contribution in [0.2, 0.25) is 5.15 Å². The van der Waals surface area contributed by atoms with E-state index in [0.29, 0.717) is 11.2 Å². The van der Waals surface area contributed by atoms with E-state index in [2.05, 4.69) is 26.4 Å². The summed E-state index contributed by atoms with van der Waals surface area (Å²) in [5, 5.41) is 1.22. The van der Waals surface area contributed by atoms with Crippen LogP contribution in [-0.2, 0) is 0 Å². The molecule has 0 amide bonds. The molecule has 17 heavy (non-hydrogen) atoms. The van der Waals surface area contributed by atoms with Gasteiger partial charge in [-0.3, -0.25) is 0 Å². The van der Waals surface area contributed by atoms with Crippen LogP contribution in [0.4, 0.5) is 0 Å². The van der Waals surface area contributed by atoms with Crippen molar-refractivity contribution in [3.8, 4) is 0 Å². The van der Waals surface area contributed by atoms with Crippen molar-refractivity contribution in [2.45, 2.75) is 37.4 Å². The van der Waals surface area contributed by atoms with Crippen LogP contribution in [0.1, 0.15) is 32.2 Å². The second kappa shape index (κ2) is 4.46. The summed E-state index contributed by atoms with van der Waals surface area (Å²) in [6.45, 7) is 2.14. The van der Waals surface area contributed by atoms with Gasteiger partial charge in [-0.25, -0.2) is 15.0 Å². The number of halogens is 1. The highest BCUT2D eigenvalue weighted by Crippen LogP contribution is 2.37. The van der Waals surface area contributed by atoms with Crippen molar-refractivity contribution < 1.29 is 0 Å². The third-order valence-electron chi connectivity index (χ3n) is 2.73. The van der Waals surface area contributed by atoms with E-state index in [4.69, 9.17) is 11.6 Å². The molecule has 2 heterocycles. The van der Waals surface area contributed by atoms with Crippen molar-refractivity contribution in [2.24, 2.45) is 0 Å². The van der Waals surface area contributed by atoms with Gasteiger partial charge in [-0.15, -0.1) is 0 Å². The van der Waals surface area contributed by atoms with Crippen LogP contribution in [0.25, 0.3) is 11.2 Å². The summed E-state index contributed by atoms with van der Waals surface area (Å²) in [5.74, 6) is 1.01. The quantitative estimate of drug-likeness (QED) is 0.485. The van der Waals surface area contributed by atoms with E-state index in [1.165, 1.54) is 12.8 Å². The lowest BCUT2D eigenvalue weighted by Crippen LogP contribution is -1.96. The number of nitrogens with zero attached hydrogens (tertiary/aromatic N) is 4. The first-order chi connectivity index (χ1) is 8.29. The maximum absolute atomic E-state index is 6.14. The largest absolute Gasteiger partial charge is 0.312 e. The summed E-state index contributed by atoms with van der Waals surface area (Å²) in [4.78, 5) is 13.1. The van der Waals surface area contributed by atoms with Crippen LogP contribution in [0.15, 0.2) is 11.5 Å². The third kappa shape index (κ3) is 2.13. The van der Waals surface area contributed by atoms with Gasteiger partial charge in [0.25, 0.3) is 0 Å². The Morgan fingerprint density at radius 1 is 1.47 bits per heavy atom. The molecule has 90 valence electrons. The van der Waals surface area contributed by atoms with Crippen LogP contribution < -0.4 is 0 Å². The van der Waals surface area contributed by atoms with Crippen molar-refractivity contribution in [1.82, 2.24) is 19.5 Å². The van der Waals surface area contributed by atoms with Crippen molar-refractivity contribution in [3.63, 3.8) is 0 Å². The average molecular weight is 269 g/mol. The summed E-state index contributed by atoms with van der Waals surface area (Å²) in [6.07, 6.45) is 5.36. The zero-order valence-electron chi connectivity index (χ0n) is 9.56. The van der Waals surface area contributed by atoms with E-state index in [-0.39, 0.29) is 0 Å². The van der Waals surface area contributed by atoms with Gasteiger partial charge in [0.1, 0.15) is 5.52 Å². The first-order valence-corrected chi connectivity index (χ1v) is 7.19. The lowest BCUT2D eigenvalue weighted by atomic mass is 10.5. The Kier molecular flexibility index (Phi) is 2.96. The van der Waals surface area contributed by atoms with Crippen LogP contribution in [0, 0.1) is 0 Å². The molecule has 2 aromatic heterocycles. The number of hydrogen-bond donors (Lipinski definition) is 0. The van der Waals surface area contributed by atoms with Crippen LogP contribution in [-0.4, -0.2) is 25.3 Å². The molecule has 0 atom stereocenters. The van der Waals surface area contributed by atoms with Crippen LogP contribution in [0.3, 0.4) is 0 Å². The zero-order chi connectivity index (χ0) is 11.8. The SMILES string of the molecule is CCCSc1nc(Cl)c2ncn(C3CC3)c2n1. The Bertz CT molecular complexity index is 550. The predicted octanol–water partition coefficient (Wildman–Crippen LogP) is 3.32. The number of fused-ring (bicyclic) bond motifs is 1. The van der Waals surface area contributed by atoms with Gasteiger partial charge >= 0.3 is 0 Å². The van der Waals surface area contributed by atoms with E-state index in [1.54, 1.807) is 11.8 Å². The first kappa shape index (κ1) is 11.3. The molecule has 0 radical (unpaired) electrons. The van der Waals surface area contributed by atoms with Gasteiger partial charge in [0.2, 0.25) is 0 Å². The van der Waals surface area contributed by atoms with Crippen LogP contribution >= 0.6 is 23.4 Å². The lowest BCUT2D eigenvalue weighted by Gasteiger charge is -2.03. The van der Waals surface area contributed by atoms with Gasteiger partial charge in [0.15, 0.2) is 16.0 Å². The highest BCUT2D eigenvalue weighted by atomic mass is 35.5. The van der Waals surface area contributed by atoms with Crippen LogP contribution in [0.5, 0.6) is 0 Å². The summed E-state index contributed by atoms with van der Waals surface area (Å²) < 4.78 is 2.12. The normalized spacial score (nSPS) is 15.6. The van der Waals surface area contributed by atoms with Crippen molar-refractivity contribution >= 4 is 34.5 Å². The molecule has 0 N–H and O–H groups in total. The molecule has 0 saturated heterocycles. The van der Waals surface area contributed by atoms with Gasteiger partial charge in [-0.1, -0.05) is 30.3 Å². The second-order valence-electron chi connectivity index (χ2n) is 4.20. The Labute approximate surface area is 109 Å². The molecular formula is C11H13ClN4S. The van der Waals surface area contributed by atoms with Crippen molar-refractivity contribution in [2.75, 3.05) is 5.75 Å². The molecule has 1 aliphatic carbocycles. The number of rotatable bonds is 4. The molecule has 0 aliphatic heterocycles. The molecule has 4 nitrogen and oxygen atoms in total. The highest BCUT2D eigenvalue weighted by Gasteiger charge is 2.26. The molecule has 1 aliphatic rings. The maximum Gasteiger partial charge on any atom is 0.191 e. The van der Waals surface area contributed by atoms with Crippen molar-refractivity contribution in [3.05, 3.63) is 11.5 Å². The molecule has 0 bridgehead atoms. The number of imidazole rings is 1. The molecule has 2 aromatic rings. The minimum atomic E-state index is 0.466. The summed E-state index contributed by atoms with van der Waals surface area (Å²) in [6, 6.07) is 0.565. The third-order valence-corrected chi connectivity index (χ3v) is 4.05. The Balaban J connectivity index is 2.05. The fourth-order valence-electron chi connectivity index (χ4n) is 1.74. The standard InChI is InChI=1S/C11H13ClN4S/c1-2-5-17-11-14-9(12)8-10(15-11)16(6-13-8)7-3-4-7/h6-7H,2-5H2,1H3. The fraction of sp³-hybridized carbons (Fsp3) is 0.545. The van der Waals surface area contributed by atoms with Gasteiger partial charge in [-0.2, -0.15) is 0 Å². The minimum Gasteiger partial charge on any atom is -0.312 e. The molecule has 1 saturated carbocycles. The van der Waals surface area contributed by atoms with E-state index in [1.807, 2.05) is 6.33 Å². The molecular weight excluding hydrogens is 256 g/mol. The molecule has 0 aromatic carbocycles. The lowest BCUT2D eigenvalue weighted by molar-refractivity contribution is 0.751. The zero-order valence-corrected chi connectivity index (χ0v) is 11.1. The molecule has 6 heteroatoms. The monoisotopic (exact) mass is 268 g/mol. The number of hydrogen-bond acceptors (Lipinski definition) is 4. The Hall–Kier alpha value is -0.810. The number of thioether (sulfide) groups is 1. The van der Waals surface area contributed by atoms with Gasteiger partial charge in [-0.05, 0) is 19.3 Å². The summed E-state index contributed by atoms with van der Waals surface area (Å²) >= 11 is 7.79. The maximum atomic E-state index is 6.14. The van der Waals surface area contributed by atoms with E-state index in [0.717, 1.165) is 28.5 Å². The van der Waals surface area contributed by atoms with Gasteiger partial charge in [0.05, 0.1) is 6.33 Å². The predicted molar refractivity (Wildman–Crippen MR) is 69.6 cm³/mol. The Morgan fingerprint density at radius 2 is 2.29 bits per heavy atom. The topological polar surface area (TPSA) is 43.6 Å². The van der Waals surface area contributed by atoms with Gasteiger partial charge in [0, 0.05) is 11.8 Å². The van der Waals surface area contributed by atoms with Crippen molar-refractivity contribution in [1.29, 1.82) is 0 Å². The first-order valence-electron chi connectivity index (χ1n) is 5.82. The molecule has 3 rings (SSSR count). The van der Waals surface area contributed by atoms with E-state index < -0.39 is 0 Å². The van der Waals surface area contributed by atoms with E-state index in [9.17, 15) is 0 Å². The average Bonchev–Trinajstić information content (AvgIpc) is 3.07. The molecule has 1 fully saturated rings. The fourth-order valence-corrected chi connectivity index (χ4v) is 2.70. The minimum absolute atomic E-state index is 0.466. The van der Waals surface area contributed by atoms with E-state index >= 15 is 0 Å². The summed E-state index contributed by atoms with van der Waals surface area (Å²) in [7, 11) is 0. The molecule has 0 spiro atoms. The number of aromatic nitrogens is 4. The smallest absolute Gasteiger partial charge is 0.191 e. The highest BCUT2D eigenvalue weighted by molar-refractivity contribution is 7.99. The Morgan fingerprint density at radius 3 is 3.00 bits per heavy atom. The van der Waals surface area contributed by atoms with Gasteiger partial charge < -0.3 is 4.57 Å². The second-order valence-corrected chi connectivity index (χ2v) is 5.62. The summed E-state index contributed by atoms with van der Waals surface area (Å²) in [5.41, 5.74) is 1.60. The molecule has 0 unspecified atom stereocenters.